The first kappa shape index (κ1) is 27.7. The number of nitrogens with zero attached hydrogens (tertiary/aromatic N) is 4. The fourth-order valence-corrected chi connectivity index (χ4v) is 5.73. The predicted molar refractivity (Wildman–Crippen MR) is 160 cm³/mol. The Hall–Kier alpha value is -4.42. The van der Waals surface area contributed by atoms with E-state index in [9.17, 15) is 14.0 Å². The van der Waals surface area contributed by atoms with E-state index in [-0.39, 0.29) is 28.1 Å². The van der Waals surface area contributed by atoms with E-state index in [4.69, 9.17) is 16.3 Å². The highest BCUT2D eigenvalue weighted by Gasteiger charge is 2.29. The van der Waals surface area contributed by atoms with E-state index in [0.29, 0.717) is 41.4 Å². The number of nitrogens with one attached hydrogen (secondary N) is 4. The minimum Gasteiger partial charge on any atom is -0.495 e. The molecule has 42 heavy (non-hydrogen) atoms. The zero-order valence-corrected chi connectivity index (χ0v) is 23.9. The maximum absolute atomic E-state index is 14.8. The Labute approximate surface area is 246 Å². The van der Waals surface area contributed by atoms with Crippen molar-refractivity contribution in [3.8, 4) is 5.75 Å². The smallest absolute Gasteiger partial charge is 0.256 e. The van der Waals surface area contributed by atoms with E-state index < -0.39 is 11.7 Å². The van der Waals surface area contributed by atoms with Crippen LogP contribution in [0.15, 0.2) is 36.5 Å². The molecular formula is C29H30ClFN8O3. The number of anilines is 5. The molecule has 4 aromatic rings. The lowest BCUT2D eigenvalue weighted by atomic mass is 10.1. The number of likely N-dealkylation sites (tertiary alicyclic amines) is 1. The molecule has 2 aromatic heterocycles. The van der Waals surface area contributed by atoms with Crippen molar-refractivity contribution in [2.24, 2.45) is 0 Å². The van der Waals surface area contributed by atoms with Crippen LogP contribution in [0.3, 0.4) is 0 Å². The van der Waals surface area contributed by atoms with Crippen LogP contribution < -0.4 is 25.6 Å². The Morgan fingerprint density at radius 3 is 2.67 bits per heavy atom. The molecule has 13 heteroatoms. The molecule has 1 saturated heterocycles. The van der Waals surface area contributed by atoms with Crippen LogP contribution in [-0.2, 0) is 11.2 Å². The summed E-state index contributed by atoms with van der Waals surface area (Å²) in [7, 11) is 3.00. The van der Waals surface area contributed by atoms with Crippen molar-refractivity contribution >= 4 is 63.3 Å². The molecule has 0 radical (unpaired) electrons. The Morgan fingerprint density at radius 1 is 1.10 bits per heavy atom. The van der Waals surface area contributed by atoms with Crippen molar-refractivity contribution in [2.75, 3.05) is 55.9 Å². The van der Waals surface area contributed by atoms with Crippen molar-refractivity contribution < 1.29 is 18.7 Å². The fourth-order valence-electron chi connectivity index (χ4n) is 5.53. The number of hydrogen-bond donors (Lipinski definition) is 4. The van der Waals surface area contributed by atoms with E-state index in [0.717, 1.165) is 49.7 Å². The molecular weight excluding hydrogens is 563 g/mol. The van der Waals surface area contributed by atoms with Crippen LogP contribution in [0.25, 0.3) is 11.0 Å². The van der Waals surface area contributed by atoms with Gasteiger partial charge in [0, 0.05) is 30.5 Å². The van der Waals surface area contributed by atoms with E-state index in [2.05, 4.69) is 35.8 Å². The molecule has 1 fully saturated rings. The molecule has 0 aliphatic carbocycles. The summed E-state index contributed by atoms with van der Waals surface area (Å²) >= 11 is 6.13. The third kappa shape index (κ3) is 5.30. The van der Waals surface area contributed by atoms with Gasteiger partial charge >= 0.3 is 0 Å². The fraction of sp³-hybridized carbons (Fsp3) is 0.310. The molecule has 0 saturated carbocycles. The average molecular weight is 593 g/mol. The van der Waals surface area contributed by atoms with Gasteiger partial charge in [-0.1, -0.05) is 11.6 Å². The number of halogens is 2. The van der Waals surface area contributed by atoms with Crippen LogP contribution in [0.4, 0.5) is 33.2 Å². The van der Waals surface area contributed by atoms with Crippen LogP contribution in [0.2, 0.25) is 5.02 Å². The number of carbonyl (C=O) groups is 2. The maximum Gasteiger partial charge on any atom is 0.256 e. The van der Waals surface area contributed by atoms with Gasteiger partial charge in [-0.15, -0.1) is 0 Å². The van der Waals surface area contributed by atoms with E-state index in [1.54, 1.807) is 19.4 Å². The second kappa shape index (κ2) is 11.5. The van der Waals surface area contributed by atoms with Crippen molar-refractivity contribution in [1.82, 2.24) is 25.2 Å². The highest BCUT2D eigenvalue weighted by Crippen LogP contribution is 2.39. The highest BCUT2D eigenvalue weighted by molar-refractivity contribution is 6.31. The SMILES string of the molecule is CNC(=O)c1c(F)cc(Cl)cc1Nc1nc(Nc2cc3c(cc2OC)CCN3C(=O)CN2CCCC2)nc2[nH]ccc12. The van der Waals surface area contributed by atoms with Crippen LogP contribution in [0.1, 0.15) is 28.8 Å². The summed E-state index contributed by atoms with van der Waals surface area (Å²) in [5.74, 6) is -0.209. The third-order valence-electron chi connectivity index (χ3n) is 7.58. The minimum atomic E-state index is -0.770. The van der Waals surface area contributed by atoms with Crippen LogP contribution in [0.5, 0.6) is 5.75 Å². The molecule has 2 aliphatic rings. The molecule has 218 valence electrons. The van der Waals surface area contributed by atoms with Gasteiger partial charge in [0.05, 0.1) is 36.0 Å². The molecule has 6 rings (SSSR count). The van der Waals surface area contributed by atoms with Gasteiger partial charge in [0.15, 0.2) is 0 Å². The number of ether oxygens (including phenoxy) is 1. The molecule has 11 nitrogen and oxygen atoms in total. The van der Waals surface area contributed by atoms with Gasteiger partial charge < -0.3 is 30.6 Å². The molecule has 0 bridgehead atoms. The largest absolute Gasteiger partial charge is 0.495 e. The first-order valence-corrected chi connectivity index (χ1v) is 14.1. The van der Waals surface area contributed by atoms with Gasteiger partial charge in [-0.25, -0.2) is 4.39 Å². The topological polar surface area (TPSA) is 128 Å². The first-order valence-electron chi connectivity index (χ1n) is 13.7. The quantitative estimate of drug-likeness (QED) is 0.234. The second-order valence-corrected chi connectivity index (χ2v) is 10.7. The first-order chi connectivity index (χ1) is 20.3. The molecule has 4 heterocycles. The lowest BCUT2D eigenvalue weighted by Crippen LogP contribution is -2.38. The molecule has 0 spiro atoms. The zero-order chi connectivity index (χ0) is 29.4. The molecule has 2 aromatic carbocycles. The summed E-state index contributed by atoms with van der Waals surface area (Å²) in [4.78, 5) is 42.0. The van der Waals surface area contributed by atoms with Crippen molar-refractivity contribution in [3.63, 3.8) is 0 Å². The number of benzene rings is 2. The van der Waals surface area contributed by atoms with E-state index >= 15 is 0 Å². The predicted octanol–water partition coefficient (Wildman–Crippen LogP) is 4.59. The maximum atomic E-state index is 14.8. The molecule has 2 aliphatic heterocycles. The summed E-state index contributed by atoms with van der Waals surface area (Å²) in [6, 6.07) is 8.11. The number of fused-ring (bicyclic) bond motifs is 2. The Balaban J connectivity index is 1.34. The molecule has 2 amide bonds. The monoisotopic (exact) mass is 592 g/mol. The van der Waals surface area contributed by atoms with Gasteiger partial charge in [0.2, 0.25) is 11.9 Å². The third-order valence-corrected chi connectivity index (χ3v) is 7.80. The number of amides is 2. The summed E-state index contributed by atoms with van der Waals surface area (Å²) in [6.07, 6.45) is 4.68. The van der Waals surface area contributed by atoms with Gasteiger partial charge in [-0.05, 0) is 68.2 Å². The van der Waals surface area contributed by atoms with Gasteiger partial charge in [-0.3, -0.25) is 14.5 Å². The van der Waals surface area contributed by atoms with Crippen LogP contribution in [-0.4, -0.2) is 72.0 Å². The minimum absolute atomic E-state index is 0.0722. The number of methoxy groups -OCH3 is 1. The molecule has 0 unspecified atom stereocenters. The molecule has 4 N–H and O–H groups in total. The Bertz CT molecular complexity index is 1690. The van der Waals surface area contributed by atoms with Crippen molar-refractivity contribution in [2.45, 2.75) is 19.3 Å². The number of rotatable bonds is 8. The summed E-state index contributed by atoms with van der Waals surface area (Å²) in [5, 5.41) is 9.48. The average Bonchev–Trinajstić information content (AvgIpc) is 3.73. The molecule has 0 atom stereocenters. The van der Waals surface area contributed by atoms with Crippen LogP contribution >= 0.6 is 11.6 Å². The lowest BCUT2D eigenvalue weighted by Gasteiger charge is -2.22. The number of aromatic amines is 1. The summed E-state index contributed by atoms with van der Waals surface area (Å²) < 4.78 is 20.5. The number of hydrogen-bond acceptors (Lipinski definition) is 8. The van der Waals surface area contributed by atoms with Gasteiger partial charge in [0.25, 0.3) is 5.91 Å². The zero-order valence-electron chi connectivity index (χ0n) is 23.2. The number of aromatic nitrogens is 3. The number of carbonyl (C=O) groups excluding carboxylic acids is 2. The van der Waals surface area contributed by atoms with Gasteiger partial charge in [0.1, 0.15) is 23.0 Å². The van der Waals surface area contributed by atoms with Gasteiger partial charge in [-0.2, -0.15) is 9.97 Å². The highest BCUT2D eigenvalue weighted by atomic mass is 35.5. The standard InChI is InChI=1S/C29H30ClFN8O3/c1-32-28(41)25-19(31)12-17(30)13-21(25)34-27-18-5-7-33-26(18)36-29(37-27)35-20-14-22-16(11-23(20)42-2)6-10-39(22)24(40)15-38-8-3-4-9-38/h5,7,11-14H,3-4,6,8-10,15H2,1-2H3,(H,32,41)(H3,33,34,35,36,37). The number of H-pyrrole nitrogens is 1. The van der Waals surface area contributed by atoms with Crippen LogP contribution in [0, 0.1) is 5.82 Å². The Kier molecular flexibility index (Phi) is 7.56. The van der Waals surface area contributed by atoms with E-state index in [1.807, 2.05) is 17.0 Å². The second-order valence-electron chi connectivity index (χ2n) is 10.2. The van der Waals surface area contributed by atoms with Crippen molar-refractivity contribution in [1.29, 1.82) is 0 Å². The van der Waals surface area contributed by atoms with E-state index in [1.165, 1.54) is 13.1 Å². The summed E-state index contributed by atoms with van der Waals surface area (Å²) in [5.41, 5.74) is 2.88. The lowest BCUT2D eigenvalue weighted by molar-refractivity contribution is -0.119. The summed E-state index contributed by atoms with van der Waals surface area (Å²) in [6.45, 7) is 2.90. The van der Waals surface area contributed by atoms with Crippen molar-refractivity contribution in [3.05, 3.63) is 58.5 Å². The normalized spacial score (nSPS) is 14.7. The Morgan fingerprint density at radius 2 is 1.90 bits per heavy atom.